The van der Waals surface area contributed by atoms with Crippen molar-refractivity contribution in [3.8, 4) is 11.3 Å². The van der Waals surface area contributed by atoms with Crippen molar-refractivity contribution >= 4 is 35.4 Å². The predicted octanol–water partition coefficient (Wildman–Crippen LogP) is 2.70. The lowest BCUT2D eigenvalue weighted by atomic mass is 10.2. The number of halogens is 2. The minimum Gasteiger partial charge on any atom is -0.455 e. The van der Waals surface area contributed by atoms with Crippen molar-refractivity contribution < 1.29 is 4.42 Å². The summed E-state index contributed by atoms with van der Waals surface area (Å²) < 4.78 is 5.63. The maximum absolute atomic E-state index is 5.96. The Labute approximate surface area is 129 Å². The Balaban J connectivity index is 1.86. The molecule has 0 amide bonds. The lowest BCUT2D eigenvalue weighted by molar-refractivity contribution is 0.573. The summed E-state index contributed by atoms with van der Waals surface area (Å²) in [6.07, 6.45) is 1.45. The molecule has 0 aliphatic carbocycles. The van der Waals surface area contributed by atoms with Crippen LogP contribution in [0.3, 0.4) is 0 Å². The summed E-state index contributed by atoms with van der Waals surface area (Å²) in [5, 5.41) is 15.5. The van der Waals surface area contributed by atoms with Crippen LogP contribution in [0.4, 0.5) is 5.95 Å². The van der Waals surface area contributed by atoms with Gasteiger partial charge in [-0.3, -0.25) is 0 Å². The highest BCUT2D eigenvalue weighted by Crippen LogP contribution is 2.28. The third kappa shape index (κ3) is 3.04. The molecule has 7 nitrogen and oxygen atoms in total. The van der Waals surface area contributed by atoms with Crippen molar-refractivity contribution in [3.63, 3.8) is 0 Å². The number of tetrazole rings is 1. The van der Waals surface area contributed by atoms with Gasteiger partial charge >= 0.3 is 0 Å². The number of hydrogen-bond acceptors (Lipinski definition) is 6. The molecule has 9 heteroatoms. The summed E-state index contributed by atoms with van der Waals surface area (Å²) in [4.78, 5) is 1.08. The molecule has 0 spiro atoms. The molecule has 0 saturated carbocycles. The third-order valence-electron chi connectivity index (χ3n) is 2.55. The second-order valence-corrected chi connectivity index (χ2v) is 4.90. The van der Waals surface area contributed by atoms with Crippen molar-refractivity contribution in [2.24, 2.45) is 5.10 Å². The lowest BCUT2D eigenvalue weighted by Gasteiger charge is -1.99. The van der Waals surface area contributed by atoms with Gasteiger partial charge in [0.1, 0.15) is 11.5 Å². The average molecular weight is 323 g/mol. The molecule has 106 valence electrons. The van der Waals surface area contributed by atoms with Crippen LogP contribution in [-0.4, -0.2) is 26.5 Å². The fourth-order valence-electron chi connectivity index (χ4n) is 1.66. The quantitative estimate of drug-likeness (QED) is 0.748. The van der Waals surface area contributed by atoms with Gasteiger partial charge in [0.2, 0.25) is 0 Å². The van der Waals surface area contributed by atoms with Gasteiger partial charge in [0.25, 0.3) is 5.95 Å². The Morgan fingerprint density at radius 2 is 1.95 bits per heavy atom. The van der Waals surface area contributed by atoms with Gasteiger partial charge in [0, 0.05) is 15.6 Å². The van der Waals surface area contributed by atoms with Crippen molar-refractivity contribution in [1.29, 1.82) is 0 Å². The Hall–Kier alpha value is -2.38. The van der Waals surface area contributed by atoms with Crippen LogP contribution in [-0.2, 0) is 0 Å². The number of benzene rings is 1. The minimum absolute atomic E-state index is 0.0830. The monoisotopic (exact) mass is 322 g/mol. The minimum atomic E-state index is 0.0830. The standard InChI is InChI=1S/C12H8Cl2N6O/c13-8-3-7(4-9(14)5-8)11-2-1-10(21-11)6-16-20-12(15)17-18-19-20/h1-6H,(H2,15,17,19)/b16-6+. The predicted molar refractivity (Wildman–Crippen MR) is 79.4 cm³/mol. The average Bonchev–Trinajstić information content (AvgIpc) is 3.04. The fourth-order valence-corrected chi connectivity index (χ4v) is 2.18. The zero-order valence-electron chi connectivity index (χ0n) is 10.4. The highest BCUT2D eigenvalue weighted by Gasteiger charge is 2.06. The molecule has 0 saturated heterocycles. The topological polar surface area (TPSA) is 95.1 Å². The van der Waals surface area contributed by atoms with E-state index in [-0.39, 0.29) is 5.95 Å². The molecule has 2 aromatic heterocycles. The van der Waals surface area contributed by atoms with Crippen LogP contribution in [0, 0.1) is 0 Å². The van der Waals surface area contributed by atoms with Crippen molar-refractivity contribution in [3.05, 3.63) is 46.1 Å². The number of rotatable bonds is 3. The first-order valence-electron chi connectivity index (χ1n) is 5.76. The molecule has 3 rings (SSSR count). The number of furan rings is 1. The van der Waals surface area contributed by atoms with E-state index in [0.29, 0.717) is 21.6 Å². The summed E-state index contributed by atoms with van der Waals surface area (Å²) in [5.74, 6) is 1.21. The van der Waals surface area contributed by atoms with Crippen LogP contribution in [0.15, 0.2) is 39.9 Å². The maximum Gasteiger partial charge on any atom is 0.263 e. The largest absolute Gasteiger partial charge is 0.455 e. The van der Waals surface area contributed by atoms with Crippen molar-refractivity contribution in [2.75, 3.05) is 5.73 Å². The molecule has 0 aliphatic heterocycles. The van der Waals surface area contributed by atoms with Crippen LogP contribution in [0.1, 0.15) is 5.76 Å². The Morgan fingerprint density at radius 1 is 1.19 bits per heavy atom. The number of hydrogen-bond donors (Lipinski definition) is 1. The first-order chi connectivity index (χ1) is 10.1. The molecule has 0 unspecified atom stereocenters. The van der Waals surface area contributed by atoms with Crippen molar-refractivity contribution in [2.45, 2.75) is 0 Å². The highest BCUT2D eigenvalue weighted by molar-refractivity contribution is 6.35. The van der Waals surface area contributed by atoms with Crippen LogP contribution >= 0.6 is 23.2 Å². The molecule has 3 aromatic rings. The zero-order valence-corrected chi connectivity index (χ0v) is 12.0. The molecule has 21 heavy (non-hydrogen) atoms. The maximum atomic E-state index is 5.96. The molecule has 2 N–H and O–H groups in total. The molecule has 0 radical (unpaired) electrons. The number of nitrogen functional groups attached to an aromatic ring is 1. The van der Waals surface area contributed by atoms with E-state index in [2.05, 4.69) is 20.6 Å². The van der Waals surface area contributed by atoms with Gasteiger partial charge in [-0.2, -0.15) is 5.10 Å². The van der Waals surface area contributed by atoms with Crippen LogP contribution < -0.4 is 5.73 Å². The summed E-state index contributed by atoms with van der Waals surface area (Å²) >= 11 is 11.9. The molecule has 0 atom stereocenters. The van der Waals surface area contributed by atoms with Crippen LogP contribution in [0.5, 0.6) is 0 Å². The van der Waals surface area contributed by atoms with E-state index in [1.807, 2.05) is 0 Å². The number of anilines is 1. The Morgan fingerprint density at radius 3 is 2.62 bits per heavy atom. The van der Waals surface area contributed by atoms with Gasteiger partial charge in [-0.1, -0.05) is 33.1 Å². The number of nitrogens with two attached hydrogens (primary N) is 1. The van der Waals surface area contributed by atoms with Gasteiger partial charge in [-0.05, 0) is 40.8 Å². The number of aromatic nitrogens is 4. The Bertz CT molecular complexity index is 789. The van der Waals surface area contributed by atoms with Gasteiger partial charge < -0.3 is 10.2 Å². The molecule has 0 aliphatic rings. The van der Waals surface area contributed by atoms with Gasteiger partial charge in [0.15, 0.2) is 0 Å². The van der Waals surface area contributed by atoms with E-state index in [9.17, 15) is 0 Å². The van der Waals surface area contributed by atoms with Gasteiger partial charge in [-0.15, -0.1) is 0 Å². The van der Waals surface area contributed by atoms with E-state index in [1.54, 1.807) is 30.3 Å². The molecular formula is C12H8Cl2N6O. The van der Waals surface area contributed by atoms with Crippen molar-refractivity contribution in [1.82, 2.24) is 20.3 Å². The van der Waals surface area contributed by atoms with E-state index in [0.717, 1.165) is 10.4 Å². The molecule has 0 bridgehead atoms. The Kier molecular flexibility index (Phi) is 3.59. The van der Waals surface area contributed by atoms with Gasteiger partial charge in [-0.25, -0.2) is 0 Å². The van der Waals surface area contributed by atoms with Crippen LogP contribution in [0.25, 0.3) is 11.3 Å². The fraction of sp³-hybridized carbons (Fsp3) is 0. The van der Waals surface area contributed by atoms with E-state index in [4.69, 9.17) is 33.4 Å². The molecule has 1 aromatic carbocycles. The summed E-state index contributed by atoms with van der Waals surface area (Å²) in [7, 11) is 0. The molecule has 0 fully saturated rings. The second kappa shape index (κ2) is 5.55. The summed E-state index contributed by atoms with van der Waals surface area (Å²) in [6, 6.07) is 8.69. The summed E-state index contributed by atoms with van der Waals surface area (Å²) in [5.41, 5.74) is 6.26. The summed E-state index contributed by atoms with van der Waals surface area (Å²) in [6.45, 7) is 0. The normalized spacial score (nSPS) is 11.3. The van der Waals surface area contributed by atoms with Gasteiger partial charge in [0.05, 0.1) is 6.21 Å². The first-order valence-corrected chi connectivity index (χ1v) is 6.52. The SMILES string of the molecule is Nc1nnnn1/N=C/c1ccc(-c2cc(Cl)cc(Cl)c2)o1. The smallest absolute Gasteiger partial charge is 0.263 e. The van der Waals surface area contributed by atoms with E-state index < -0.39 is 0 Å². The molecular weight excluding hydrogens is 315 g/mol. The number of nitrogens with zero attached hydrogens (tertiary/aromatic N) is 5. The second-order valence-electron chi connectivity index (χ2n) is 4.03. The first kappa shape index (κ1) is 13.6. The third-order valence-corrected chi connectivity index (χ3v) is 2.98. The van der Waals surface area contributed by atoms with Crippen LogP contribution in [0.2, 0.25) is 10.0 Å². The molecule has 2 heterocycles. The van der Waals surface area contributed by atoms with E-state index >= 15 is 0 Å². The zero-order chi connectivity index (χ0) is 14.8. The lowest BCUT2D eigenvalue weighted by Crippen LogP contribution is -1.99. The van der Waals surface area contributed by atoms with E-state index in [1.165, 1.54) is 6.21 Å². The highest BCUT2D eigenvalue weighted by atomic mass is 35.5.